The number of aliphatic hydroxyl groups is 1. The first-order chi connectivity index (χ1) is 20.1. The first-order valence-corrected chi connectivity index (χ1v) is 14.3. The minimum atomic E-state index is -4.77. The van der Waals surface area contributed by atoms with Crippen LogP contribution in [0.2, 0.25) is 0 Å². The van der Waals surface area contributed by atoms with Gasteiger partial charge in [-0.15, -0.1) is 0 Å². The van der Waals surface area contributed by atoms with Crippen LogP contribution in [0.1, 0.15) is 23.0 Å². The monoisotopic (exact) mass is 621 g/mol. The van der Waals surface area contributed by atoms with Crippen LogP contribution in [-0.2, 0) is 22.6 Å². The van der Waals surface area contributed by atoms with Gasteiger partial charge < -0.3 is 14.1 Å². The molecule has 5 aromatic rings. The van der Waals surface area contributed by atoms with Crippen LogP contribution < -0.4 is 0 Å². The van der Waals surface area contributed by atoms with Crippen LogP contribution in [0.25, 0.3) is 39.4 Å². The van der Waals surface area contributed by atoms with Gasteiger partial charge in [-0.1, -0.05) is 6.07 Å². The first-order valence-electron chi connectivity index (χ1n) is 12.4. The molecule has 0 amide bonds. The molecule has 5 rings (SSSR count). The Kier molecular flexibility index (Phi) is 7.47. The van der Waals surface area contributed by atoms with Crippen molar-refractivity contribution in [1.82, 2.24) is 14.5 Å². The average Bonchev–Trinajstić information content (AvgIpc) is 3.49. The molecule has 2 aromatic heterocycles. The maximum Gasteiger partial charge on any atom is 0.434 e. The third-order valence-corrected chi connectivity index (χ3v) is 7.80. The van der Waals surface area contributed by atoms with Gasteiger partial charge in [-0.25, -0.2) is 31.6 Å². The fourth-order valence-corrected chi connectivity index (χ4v) is 5.65. The van der Waals surface area contributed by atoms with E-state index in [1.165, 1.54) is 32.0 Å². The van der Waals surface area contributed by atoms with E-state index in [-0.39, 0.29) is 51.1 Å². The molecular weight excluding hydrogens is 600 g/mol. The van der Waals surface area contributed by atoms with Crippen molar-refractivity contribution in [1.29, 1.82) is 0 Å². The third kappa shape index (κ3) is 5.67. The van der Waals surface area contributed by atoms with E-state index in [0.29, 0.717) is 6.07 Å². The molecule has 0 aliphatic carbocycles. The number of aromatic nitrogens is 3. The number of sulfone groups is 1. The SMILES string of the molecule is Cc1nc(-c2cc(-c3cc(F)c(CO)c(S(C)(=O)=O)c3)ccc2-n2cc(C(F)(F)F)nc2C)c(-c2ccc(F)cc2F)o1. The number of oxazole rings is 1. The van der Waals surface area contributed by atoms with Gasteiger partial charge in [0.05, 0.1) is 22.8 Å². The smallest absolute Gasteiger partial charge is 0.434 e. The quantitative estimate of drug-likeness (QED) is 0.209. The Hall–Kier alpha value is -4.43. The summed E-state index contributed by atoms with van der Waals surface area (Å²) in [7, 11) is -4.00. The Balaban J connectivity index is 1.82. The molecule has 0 radical (unpaired) electrons. The van der Waals surface area contributed by atoms with Gasteiger partial charge in [-0.3, -0.25) is 0 Å². The van der Waals surface area contributed by atoms with Gasteiger partial charge in [-0.05, 0) is 54.4 Å². The van der Waals surface area contributed by atoms with Crippen LogP contribution in [0.4, 0.5) is 26.3 Å². The highest BCUT2D eigenvalue weighted by Crippen LogP contribution is 2.40. The number of aryl methyl sites for hydroxylation is 2. The lowest BCUT2D eigenvalue weighted by molar-refractivity contribution is -0.141. The molecule has 14 heteroatoms. The van der Waals surface area contributed by atoms with Crippen LogP contribution in [0.15, 0.2) is 64.0 Å². The number of nitrogens with zero attached hydrogens (tertiary/aromatic N) is 3. The lowest BCUT2D eigenvalue weighted by atomic mass is 9.97. The normalized spacial score (nSPS) is 12.2. The molecule has 3 aromatic carbocycles. The predicted molar refractivity (Wildman–Crippen MR) is 143 cm³/mol. The van der Waals surface area contributed by atoms with E-state index in [2.05, 4.69) is 9.97 Å². The summed E-state index contributed by atoms with van der Waals surface area (Å²) < 4.78 is 116. The van der Waals surface area contributed by atoms with Crippen molar-refractivity contribution in [3.05, 3.63) is 95.2 Å². The Morgan fingerprint density at radius 2 is 1.63 bits per heavy atom. The summed E-state index contributed by atoms with van der Waals surface area (Å²) in [5, 5.41) is 9.58. The van der Waals surface area contributed by atoms with Crippen LogP contribution in [-0.4, -0.2) is 34.3 Å². The Morgan fingerprint density at radius 1 is 0.907 bits per heavy atom. The van der Waals surface area contributed by atoms with E-state index in [9.17, 15) is 39.9 Å². The number of benzene rings is 3. The van der Waals surface area contributed by atoms with E-state index in [4.69, 9.17) is 4.42 Å². The number of alkyl halides is 3. The van der Waals surface area contributed by atoms with Crippen molar-refractivity contribution in [2.75, 3.05) is 6.26 Å². The zero-order chi connectivity index (χ0) is 31.4. The number of halogens is 6. The van der Waals surface area contributed by atoms with Crippen molar-refractivity contribution in [2.45, 2.75) is 31.5 Å². The molecular formula is C29H21F6N3O4S. The highest BCUT2D eigenvalue weighted by molar-refractivity contribution is 7.90. The molecule has 0 fully saturated rings. The molecule has 43 heavy (non-hydrogen) atoms. The first kappa shape index (κ1) is 30.0. The van der Waals surface area contributed by atoms with Gasteiger partial charge in [0.1, 0.15) is 29.0 Å². The van der Waals surface area contributed by atoms with Crippen LogP contribution in [0.3, 0.4) is 0 Å². The number of rotatable bonds is 6. The maximum absolute atomic E-state index is 15.0. The molecule has 224 valence electrons. The van der Waals surface area contributed by atoms with E-state index in [0.717, 1.165) is 41.3 Å². The molecule has 0 unspecified atom stereocenters. The van der Waals surface area contributed by atoms with Gasteiger partial charge in [0, 0.05) is 36.6 Å². The van der Waals surface area contributed by atoms with Gasteiger partial charge >= 0.3 is 6.18 Å². The second-order valence-electron chi connectivity index (χ2n) is 9.67. The van der Waals surface area contributed by atoms with E-state index >= 15 is 0 Å². The lowest BCUT2D eigenvalue weighted by Gasteiger charge is -2.15. The summed E-state index contributed by atoms with van der Waals surface area (Å²) in [4.78, 5) is 7.49. The highest BCUT2D eigenvalue weighted by Gasteiger charge is 2.35. The molecule has 0 atom stereocenters. The van der Waals surface area contributed by atoms with Gasteiger partial charge in [-0.2, -0.15) is 13.2 Å². The van der Waals surface area contributed by atoms with Crippen molar-refractivity contribution in [3.8, 4) is 39.4 Å². The maximum atomic E-state index is 15.0. The van der Waals surface area contributed by atoms with E-state index in [1.807, 2.05) is 0 Å². The average molecular weight is 622 g/mol. The van der Waals surface area contributed by atoms with Crippen LogP contribution in [0.5, 0.6) is 0 Å². The molecule has 0 aliphatic heterocycles. The summed E-state index contributed by atoms with van der Waals surface area (Å²) in [6.07, 6.45) is -3.16. The zero-order valence-corrected chi connectivity index (χ0v) is 23.4. The molecule has 0 saturated heterocycles. The Morgan fingerprint density at radius 3 is 2.23 bits per heavy atom. The van der Waals surface area contributed by atoms with Crippen molar-refractivity contribution in [3.63, 3.8) is 0 Å². The second-order valence-corrected chi connectivity index (χ2v) is 11.7. The molecule has 2 heterocycles. The largest absolute Gasteiger partial charge is 0.440 e. The summed E-state index contributed by atoms with van der Waals surface area (Å²) in [6.45, 7) is 1.90. The van der Waals surface area contributed by atoms with Crippen molar-refractivity contribution in [2.24, 2.45) is 0 Å². The van der Waals surface area contributed by atoms with Gasteiger partial charge in [0.15, 0.2) is 27.2 Å². The predicted octanol–water partition coefficient (Wildman–Crippen LogP) is 6.81. The van der Waals surface area contributed by atoms with Gasteiger partial charge in [0.25, 0.3) is 0 Å². The molecule has 0 spiro atoms. The topological polar surface area (TPSA) is 98.2 Å². The van der Waals surface area contributed by atoms with E-state index < -0.39 is 56.2 Å². The lowest BCUT2D eigenvalue weighted by Crippen LogP contribution is -2.06. The molecule has 7 nitrogen and oxygen atoms in total. The molecule has 1 N–H and O–H groups in total. The van der Waals surface area contributed by atoms with Crippen LogP contribution in [0, 0.1) is 31.3 Å². The standard InChI is InChI=1S/C29H21F6N3O4S/c1-14-36-26(29(33,34)35)12-38(14)24-7-4-16(17-9-22(31)21(13-39)25(10-17)43(3,40)41)8-20(24)27-28(42-15(2)37-27)19-6-5-18(30)11-23(19)32/h4-12,39H,13H2,1-3H3. The summed E-state index contributed by atoms with van der Waals surface area (Å²) in [5.41, 5.74) is -1.42. The number of aliphatic hydroxyl groups excluding tert-OH is 1. The van der Waals surface area contributed by atoms with Gasteiger partial charge in [0.2, 0.25) is 0 Å². The summed E-state index contributed by atoms with van der Waals surface area (Å²) in [6, 6.07) is 9.07. The summed E-state index contributed by atoms with van der Waals surface area (Å²) >= 11 is 0. The van der Waals surface area contributed by atoms with Crippen molar-refractivity contribution < 1.29 is 44.3 Å². The van der Waals surface area contributed by atoms with E-state index in [1.54, 1.807) is 0 Å². The molecule has 0 bridgehead atoms. The summed E-state index contributed by atoms with van der Waals surface area (Å²) in [5.74, 6) is -3.04. The molecule has 0 saturated carbocycles. The van der Waals surface area contributed by atoms with Crippen molar-refractivity contribution >= 4 is 9.84 Å². The third-order valence-electron chi connectivity index (χ3n) is 6.64. The number of imidazole rings is 1. The number of hydrogen-bond acceptors (Lipinski definition) is 6. The highest BCUT2D eigenvalue weighted by atomic mass is 32.2. The zero-order valence-electron chi connectivity index (χ0n) is 22.6. The Bertz CT molecular complexity index is 2000. The minimum absolute atomic E-state index is 0.0427. The van der Waals surface area contributed by atoms with Crippen LogP contribution >= 0.6 is 0 Å². The Labute approximate surface area is 241 Å². The second kappa shape index (κ2) is 10.7. The number of hydrogen-bond donors (Lipinski definition) is 1. The minimum Gasteiger partial charge on any atom is -0.440 e. The fraction of sp³-hybridized carbons (Fsp3) is 0.172. The fourth-order valence-electron chi connectivity index (χ4n) is 4.70. The molecule has 0 aliphatic rings.